The maximum absolute atomic E-state index is 6.00. The summed E-state index contributed by atoms with van der Waals surface area (Å²) in [6.45, 7) is 0.576. The van der Waals surface area contributed by atoms with Crippen LogP contribution < -0.4 is 5.32 Å². The van der Waals surface area contributed by atoms with E-state index in [0.717, 1.165) is 5.56 Å². The Balaban J connectivity index is 2.05. The van der Waals surface area contributed by atoms with Crippen molar-refractivity contribution in [2.45, 2.75) is 6.54 Å². The van der Waals surface area contributed by atoms with Gasteiger partial charge in [-0.15, -0.1) is 0 Å². The van der Waals surface area contributed by atoms with E-state index in [-0.39, 0.29) is 0 Å². The molecular formula is C8H6Cl2N4S. The highest BCUT2D eigenvalue weighted by atomic mass is 35.5. The van der Waals surface area contributed by atoms with E-state index in [0.29, 0.717) is 21.7 Å². The van der Waals surface area contributed by atoms with Crippen LogP contribution in [-0.4, -0.2) is 14.8 Å². The molecule has 1 aromatic carbocycles. The van der Waals surface area contributed by atoms with Crippen LogP contribution in [0.5, 0.6) is 0 Å². The van der Waals surface area contributed by atoms with Crippen LogP contribution in [0.25, 0.3) is 0 Å². The molecule has 0 saturated carbocycles. The molecule has 0 aliphatic rings. The topological polar surface area (TPSA) is 50.7 Å². The quantitative estimate of drug-likeness (QED) is 0.922. The fourth-order valence-electron chi connectivity index (χ4n) is 1.04. The molecule has 15 heavy (non-hydrogen) atoms. The average Bonchev–Trinajstić information content (AvgIpc) is 2.69. The molecule has 0 saturated heterocycles. The van der Waals surface area contributed by atoms with Gasteiger partial charge in [-0.3, -0.25) is 0 Å². The molecule has 0 atom stereocenters. The van der Waals surface area contributed by atoms with Gasteiger partial charge in [0.2, 0.25) is 5.13 Å². The summed E-state index contributed by atoms with van der Waals surface area (Å²) in [7, 11) is 0. The second-order valence-electron chi connectivity index (χ2n) is 2.76. The second-order valence-corrected chi connectivity index (χ2v) is 4.33. The van der Waals surface area contributed by atoms with E-state index >= 15 is 0 Å². The highest BCUT2D eigenvalue weighted by Gasteiger charge is 2.02. The van der Waals surface area contributed by atoms with Crippen LogP contribution in [0.4, 0.5) is 5.13 Å². The van der Waals surface area contributed by atoms with Gasteiger partial charge < -0.3 is 5.32 Å². The van der Waals surface area contributed by atoms with Gasteiger partial charge in [-0.05, 0) is 22.9 Å². The van der Waals surface area contributed by atoms with Crippen molar-refractivity contribution >= 4 is 39.9 Å². The van der Waals surface area contributed by atoms with Crippen molar-refractivity contribution in [2.75, 3.05) is 5.32 Å². The lowest BCUT2D eigenvalue weighted by atomic mass is 10.2. The van der Waals surface area contributed by atoms with Crippen LogP contribution in [0.15, 0.2) is 18.2 Å². The van der Waals surface area contributed by atoms with E-state index in [2.05, 4.69) is 20.1 Å². The molecule has 0 amide bonds. The van der Waals surface area contributed by atoms with Crippen molar-refractivity contribution in [1.29, 1.82) is 0 Å². The third-order valence-corrected chi connectivity index (χ3v) is 2.89. The van der Waals surface area contributed by atoms with E-state index in [4.69, 9.17) is 23.2 Å². The second kappa shape index (κ2) is 4.74. The number of hydrogen-bond acceptors (Lipinski definition) is 5. The Bertz CT molecular complexity index is 446. The minimum Gasteiger partial charge on any atom is -0.355 e. The number of nitrogens with zero attached hydrogens (tertiary/aromatic N) is 3. The molecule has 78 valence electrons. The lowest BCUT2D eigenvalue weighted by Crippen LogP contribution is -1.99. The van der Waals surface area contributed by atoms with Gasteiger partial charge in [0.15, 0.2) is 0 Å². The molecular weight excluding hydrogens is 255 g/mol. The Hall–Kier alpha value is -0.910. The summed E-state index contributed by atoms with van der Waals surface area (Å²) in [6, 6.07) is 5.37. The molecule has 0 fully saturated rings. The molecule has 2 aromatic rings. The van der Waals surface area contributed by atoms with Gasteiger partial charge in [-0.2, -0.15) is 0 Å². The van der Waals surface area contributed by atoms with Gasteiger partial charge in [0.05, 0.1) is 0 Å². The molecule has 0 unspecified atom stereocenters. The van der Waals surface area contributed by atoms with Crippen molar-refractivity contribution in [3.63, 3.8) is 0 Å². The Morgan fingerprint density at radius 1 is 1.33 bits per heavy atom. The minimum atomic E-state index is 0.576. The fraction of sp³-hybridized carbons (Fsp3) is 0.125. The molecule has 2 rings (SSSR count). The van der Waals surface area contributed by atoms with Crippen LogP contribution in [-0.2, 0) is 6.54 Å². The third kappa shape index (κ3) is 2.77. The van der Waals surface area contributed by atoms with Crippen LogP contribution >= 0.6 is 34.7 Å². The van der Waals surface area contributed by atoms with E-state index in [1.807, 2.05) is 6.07 Å². The number of hydrogen-bond donors (Lipinski definition) is 1. The van der Waals surface area contributed by atoms with Crippen LogP contribution in [0.1, 0.15) is 5.56 Å². The summed E-state index contributed by atoms with van der Waals surface area (Å²) in [5, 5.41) is 12.2. The number of anilines is 1. The summed E-state index contributed by atoms with van der Waals surface area (Å²) in [4.78, 5) is 0. The van der Waals surface area contributed by atoms with E-state index in [9.17, 15) is 0 Å². The molecule has 0 aliphatic heterocycles. The van der Waals surface area contributed by atoms with E-state index in [1.54, 1.807) is 12.1 Å². The summed E-state index contributed by atoms with van der Waals surface area (Å²) in [5.74, 6) is 0. The van der Waals surface area contributed by atoms with Gasteiger partial charge >= 0.3 is 0 Å². The zero-order chi connectivity index (χ0) is 10.7. The van der Waals surface area contributed by atoms with E-state index < -0.39 is 0 Å². The summed E-state index contributed by atoms with van der Waals surface area (Å²) in [5.41, 5.74) is 0.955. The van der Waals surface area contributed by atoms with Crippen LogP contribution in [0.2, 0.25) is 10.0 Å². The van der Waals surface area contributed by atoms with Crippen molar-refractivity contribution in [2.24, 2.45) is 0 Å². The standard InChI is InChI=1S/C8H6Cl2N4S/c9-6-2-1-5(7(10)3-6)4-11-8-12-13-14-15-8/h1-3H,4H2,(H,11,12,14). The van der Waals surface area contributed by atoms with Gasteiger partial charge in [-0.25, -0.2) is 0 Å². The zero-order valence-corrected chi connectivity index (χ0v) is 9.77. The van der Waals surface area contributed by atoms with Crippen molar-refractivity contribution < 1.29 is 0 Å². The minimum absolute atomic E-state index is 0.576. The predicted molar refractivity (Wildman–Crippen MR) is 61.5 cm³/mol. The maximum Gasteiger partial charge on any atom is 0.225 e. The number of aromatic nitrogens is 3. The first-order chi connectivity index (χ1) is 7.25. The summed E-state index contributed by atoms with van der Waals surface area (Å²) in [6.07, 6.45) is 0. The monoisotopic (exact) mass is 260 g/mol. The first-order valence-corrected chi connectivity index (χ1v) is 5.61. The molecule has 0 radical (unpaired) electrons. The highest BCUT2D eigenvalue weighted by Crippen LogP contribution is 2.21. The van der Waals surface area contributed by atoms with Crippen molar-refractivity contribution in [3.8, 4) is 0 Å². The molecule has 7 heteroatoms. The molecule has 0 bridgehead atoms. The SMILES string of the molecule is Clc1ccc(CNc2nnns2)c(Cl)c1. The molecule has 0 aliphatic carbocycles. The number of nitrogens with one attached hydrogen (secondary N) is 1. The third-order valence-electron chi connectivity index (χ3n) is 1.74. The normalized spacial score (nSPS) is 10.3. The Labute approximate surface area is 100 Å². The van der Waals surface area contributed by atoms with Crippen molar-refractivity contribution in [3.05, 3.63) is 33.8 Å². The summed E-state index contributed by atoms with van der Waals surface area (Å²) >= 11 is 13.0. The molecule has 1 heterocycles. The average molecular weight is 261 g/mol. The maximum atomic E-state index is 6.00. The largest absolute Gasteiger partial charge is 0.355 e. The smallest absolute Gasteiger partial charge is 0.225 e. The number of rotatable bonds is 3. The lowest BCUT2D eigenvalue weighted by molar-refractivity contribution is 0.951. The molecule has 0 spiro atoms. The first kappa shape index (κ1) is 10.6. The zero-order valence-electron chi connectivity index (χ0n) is 7.44. The molecule has 1 aromatic heterocycles. The van der Waals surface area contributed by atoms with Gasteiger partial charge in [0, 0.05) is 28.1 Å². The van der Waals surface area contributed by atoms with Gasteiger partial charge in [-0.1, -0.05) is 38.9 Å². The molecule has 4 nitrogen and oxygen atoms in total. The molecule has 1 N–H and O–H groups in total. The van der Waals surface area contributed by atoms with Crippen LogP contribution in [0, 0.1) is 0 Å². The van der Waals surface area contributed by atoms with Crippen LogP contribution in [0.3, 0.4) is 0 Å². The Kier molecular flexibility index (Phi) is 3.35. The van der Waals surface area contributed by atoms with Crippen molar-refractivity contribution in [1.82, 2.24) is 14.8 Å². The Morgan fingerprint density at radius 2 is 2.20 bits per heavy atom. The van der Waals surface area contributed by atoms with Gasteiger partial charge in [0.1, 0.15) is 0 Å². The highest BCUT2D eigenvalue weighted by molar-refractivity contribution is 7.09. The van der Waals surface area contributed by atoms with Gasteiger partial charge in [0.25, 0.3) is 0 Å². The number of halogens is 2. The van der Waals surface area contributed by atoms with E-state index in [1.165, 1.54) is 11.5 Å². The fourth-order valence-corrected chi connectivity index (χ4v) is 1.87. The predicted octanol–water partition coefficient (Wildman–Crippen LogP) is 2.85. The lowest BCUT2D eigenvalue weighted by Gasteiger charge is -2.04. The Morgan fingerprint density at radius 3 is 2.87 bits per heavy atom. The number of benzene rings is 1. The summed E-state index contributed by atoms with van der Waals surface area (Å²) < 4.78 is 3.63. The first-order valence-electron chi connectivity index (χ1n) is 4.08.